The van der Waals surface area contributed by atoms with Crippen LogP contribution in [0.15, 0.2) is 41.5 Å². The van der Waals surface area contributed by atoms with Crippen molar-refractivity contribution < 1.29 is 9.53 Å². The standard InChI is InChI=1S/C23H28N4O3S/c1-17-18(2)31-22-21(17)23(29)27(16-24-22)9-8-20(28)26-12-10-25(11-13-26)14-15-30-19-6-4-3-5-7-19/h3-7,16H,8-15H2,1-2H3. The first-order valence-corrected chi connectivity index (χ1v) is 11.5. The molecule has 0 radical (unpaired) electrons. The molecule has 1 aromatic carbocycles. The summed E-state index contributed by atoms with van der Waals surface area (Å²) in [6.07, 6.45) is 1.88. The number of para-hydroxylation sites is 1. The van der Waals surface area contributed by atoms with Crippen LogP contribution in [0.2, 0.25) is 0 Å². The van der Waals surface area contributed by atoms with Crippen LogP contribution in [0.3, 0.4) is 0 Å². The van der Waals surface area contributed by atoms with E-state index < -0.39 is 0 Å². The summed E-state index contributed by atoms with van der Waals surface area (Å²) in [5, 5.41) is 0.684. The molecule has 3 heterocycles. The summed E-state index contributed by atoms with van der Waals surface area (Å²) in [7, 11) is 0. The van der Waals surface area contributed by atoms with Crippen LogP contribution in [0.25, 0.3) is 10.2 Å². The third kappa shape index (κ3) is 4.97. The van der Waals surface area contributed by atoms with Gasteiger partial charge < -0.3 is 9.64 Å². The minimum atomic E-state index is -0.0529. The monoisotopic (exact) mass is 440 g/mol. The van der Waals surface area contributed by atoms with Gasteiger partial charge in [0.1, 0.15) is 17.2 Å². The number of hydrogen-bond donors (Lipinski definition) is 0. The van der Waals surface area contributed by atoms with E-state index in [4.69, 9.17) is 4.74 Å². The molecular weight excluding hydrogens is 412 g/mol. The molecule has 164 valence electrons. The molecule has 4 rings (SSSR count). The summed E-state index contributed by atoms with van der Waals surface area (Å²) in [4.78, 5) is 36.0. The molecule has 0 atom stereocenters. The van der Waals surface area contributed by atoms with Crippen molar-refractivity contribution in [1.29, 1.82) is 0 Å². The van der Waals surface area contributed by atoms with Gasteiger partial charge >= 0.3 is 0 Å². The number of piperazine rings is 1. The van der Waals surface area contributed by atoms with E-state index in [0.29, 0.717) is 38.0 Å². The maximum absolute atomic E-state index is 12.8. The number of fused-ring (bicyclic) bond motifs is 1. The van der Waals surface area contributed by atoms with E-state index in [1.807, 2.05) is 49.1 Å². The van der Waals surface area contributed by atoms with Gasteiger partial charge in [0.05, 0.1) is 11.7 Å². The predicted molar refractivity (Wildman–Crippen MR) is 123 cm³/mol. The number of amides is 1. The van der Waals surface area contributed by atoms with Crippen molar-refractivity contribution in [3.8, 4) is 5.75 Å². The van der Waals surface area contributed by atoms with Gasteiger partial charge in [0.25, 0.3) is 5.56 Å². The van der Waals surface area contributed by atoms with E-state index >= 15 is 0 Å². The van der Waals surface area contributed by atoms with Crippen molar-refractivity contribution in [3.05, 3.63) is 57.5 Å². The molecule has 0 saturated carbocycles. The van der Waals surface area contributed by atoms with Gasteiger partial charge in [0.2, 0.25) is 5.91 Å². The molecule has 1 saturated heterocycles. The lowest BCUT2D eigenvalue weighted by molar-refractivity contribution is -0.133. The zero-order valence-corrected chi connectivity index (χ0v) is 18.9. The largest absolute Gasteiger partial charge is 0.492 e. The highest BCUT2D eigenvalue weighted by atomic mass is 32.1. The Bertz CT molecular complexity index is 1100. The van der Waals surface area contributed by atoms with Crippen molar-refractivity contribution >= 4 is 27.5 Å². The molecule has 31 heavy (non-hydrogen) atoms. The Balaban J connectivity index is 1.24. The molecule has 1 amide bonds. The van der Waals surface area contributed by atoms with Crippen molar-refractivity contribution in [2.24, 2.45) is 0 Å². The van der Waals surface area contributed by atoms with Crippen LogP contribution in [0.1, 0.15) is 16.9 Å². The first-order chi connectivity index (χ1) is 15.0. The second-order valence-corrected chi connectivity index (χ2v) is 9.04. The molecular formula is C23H28N4O3S. The van der Waals surface area contributed by atoms with E-state index in [9.17, 15) is 9.59 Å². The lowest BCUT2D eigenvalue weighted by Crippen LogP contribution is -2.49. The Morgan fingerprint density at radius 1 is 1.10 bits per heavy atom. The Labute approximate surface area is 185 Å². The molecule has 2 aromatic heterocycles. The number of rotatable bonds is 7. The molecule has 0 aliphatic carbocycles. The van der Waals surface area contributed by atoms with E-state index in [2.05, 4.69) is 9.88 Å². The number of nitrogens with zero attached hydrogens (tertiary/aromatic N) is 4. The van der Waals surface area contributed by atoms with Gasteiger partial charge in [-0.25, -0.2) is 4.98 Å². The van der Waals surface area contributed by atoms with E-state index in [-0.39, 0.29) is 11.5 Å². The maximum Gasteiger partial charge on any atom is 0.262 e. The van der Waals surface area contributed by atoms with Crippen molar-refractivity contribution in [2.75, 3.05) is 39.3 Å². The molecule has 0 unspecified atom stereocenters. The predicted octanol–water partition coefficient (Wildman–Crippen LogP) is 2.69. The van der Waals surface area contributed by atoms with E-state index in [0.717, 1.165) is 40.7 Å². The fourth-order valence-electron chi connectivity index (χ4n) is 3.83. The van der Waals surface area contributed by atoms with Crippen LogP contribution in [0.5, 0.6) is 5.75 Å². The number of hydrogen-bond acceptors (Lipinski definition) is 6. The lowest BCUT2D eigenvalue weighted by atomic mass is 10.2. The summed E-state index contributed by atoms with van der Waals surface area (Å²) in [5.74, 6) is 0.970. The lowest BCUT2D eigenvalue weighted by Gasteiger charge is -2.34. The first-order valence-electron chi connectivity index (χ1n) is 10.7. The minimum Gasteiger partial charge on any atom is -0.492 e. The van der Waals surface area contributed by atoms with Crippen LogP contribution in [0, 0.1) is 13.8 Å². The van der Waals surface area contributed by atoms with Gasteiger partial charge in [-0.05, 0) is 31.5 Å². The highest BCUT2D eigenvalue weighted by Crippen LogP contribution is 2.25. The van der Waals surface area contributed by atoms with Gasteiger partial charge in [0, 0.05) is 50.6 Å². The zero-order chi connectivity index (χ0) is 21.8. The number of thiophene rings is 1. The summed E-state index contributed by atoms with van der Waals surface area (Å²) >= 11 is 1.54. The van der Waals surface area contributed by atoms with E-state index in [1.165, 1.54) is 11.3 Å². The second kappa shape index (κ2) is 9.62. The van der Waals surface area contributed by atoms with Gasteiger partial charge in [-0.1, -0.05) is 18.2 Å². The third-order valence-electron chi connectivity index (χ3n) is 5.87. The van der Waals surface area contributed by atoms with Crippen molar-refractivity contribution in [1.82, 2.24) is 19.4 Å². The van der Waals surface area contributed by atoms with Crippen LogP contribution in [-0.4, -0.2) is 64.6 Å². The Kier molecular flexibility index (Phi) is 6.67. The zero-order valence-electron chi connectivity index (χ0n) is 18.0. The topological polar surface area (TPSA) is 67.7 Å². The first kappa shape index (κ1) is 21.5. The maximum atomic E-state index is 12.8. The molecule has 1 aliphatic rings. The fourth-order valence-corrected chi connectivity index (χ4v) is 4.82. The SMILES string of the molecule is Cc1sc2ncn(CCC(=O)N3CCN(CCOc4ccccc4)CC3)c(=O)c2c1C. The molecule has 1 aliphatic heterocycles. The molecule has 3 aromatic rings. The number of carbonyl (C=O) groups excluding carboxylic acids is 1. The Hall–Kier alpha value is -2.71. The summed E-state index contributed by atoms with van der Waals surface area (Å²) < 4.78 is 7.33. The molecule has 7 nitrogen and oxygen atoms in total. The molecule has 0 N–H and O–H groups in total. The summed E-state index contributed by atoms with van der Waals surface area (Å²) in [6, 6.07) is 9.81. The molecule has 1 fully saturated rings. The van der Waals surface area contributed by atoms with Gasteiger partial charge in [-0.15, -0.1) is 11.3 Å². The van der Waals surface area contributed by atoms with Crippen LogP contribution < -0.4 is 10.3 Å². The third-order valence-corrected chi connectivity index (χ3v) is 6.98. The average Bonchev–Trinajstić information content (AvgIpc) is 3.08. The van der Waals surface area contributed by atoms with Crippen molar-refractivity contribution in [2.45, 2.75) is 26.8 Å². The van der Waals surface area contributed by atoms with Gasteiger partial charge in [0.15, 0.2) is 0 Å². The number of carbonyl (C=O) groups is 1. The average molecular weight is 441 g/mol. The number of aromatic nitrogens is 2. The quantitative estimate of drug-likeness (QED) is 0.565. The van der Waals surface area contributed by atoms with Gasteiger partial charge in [-0.2, -0.15) is 0 Å². The number of aryl methyl sites for hydroxylation is 3. The van der Waals surface area contributed by atoms with Crippen LogP contribution >= 0.6 is 11.3 Å². The number of ether oxygens (including phenoxy) is 1. The molecule has 0 bridgehead atoms. The highest BCUT2D eigenvalue weighted by molar-refractivity contribution is 7.18. The molecule has 8 heteroatoms. The van der Waals surface area contributed by atoms with E-state index in [1.54, 1.807) is 10.9 Å². The normalized spacial score (nSPS) is 14.8. The molecule has 0 spiro atoms. The number of benzene rings is 1. The smallest absolute Gasteiger partial charge is 0.262 e. The highest BCUT2D eigenvalue weighted by Gasteiger charge is 2.21. The summed E-state index contributed by atoms with van der Waals surface area (Å²) in [5.41, 5.74) is 0.938. The Morgan fingerprint density at radius 3 is 2.58 bits per heavy atom. The summed E-state index contributed by atoms with van der Waals surface area (Å²) in [6.45, 7) is 8.89. The van der Waals surface area contributed by atoms with Crippen molar-refractivity contribution in [3.63, 3.8) is 0 Å². The van der Waals surface area contributed by atoms with Crippen LogP contribution in [0.4, 0.5) is 0 Å². The second-order valence-electron chi connectivity index (χ2n) is 7.84. The van der Waals surface area contributed by atoms with Gasteiger partial charge in [-0.3, -0.25) is 19.1 Å². The Morgan fingerprint density at radius 2 is 1.84 bits per heavy atom. The minimum absolute atomic E-state index is 0.0529. The fraction of sp³-hybridized carbons (Fsp3) is 0.435. The van der Waals surface area contributed by atoms with Crippen LogP contribution in [-0.2, 0) is 11.3 Å².